The number of carboxylic acids is 1. The number of nitrogens with one attached hydrogen (secondary N) is 1. The Morgan fingerprint density at radius 2 is 2.44 bits per heavy atom. The number of aryl methyl sites for hydroxylation is 1. The van der Waals surface area contributed by atoms with Crippen molar-refractivity contribution in [2.75, 3.05) is 11.9 Å². The van der Waals surface area contributed by atoms with Gasteiger partial charge in [0.15, 0.2) is 0 Å². The molecule has 0 fully saturated rings. The third-order valence-corrected chi connectivity index (χ3v) is 3.04. The lowest BCUT2D eigenvalue weighted by molar-refractivity contribution is -0.138. The number of hydrogen-bond acceptors (Lipinski definition) is 3. The number of benzene rings is 1. The lowest BCUT2D eigenvalue weighted by Gasteiger charge is -2.13. The molecule has 2 atom stereocenters. The van der Waals surface area contributed by atoms with Crippen LogP contribution in [-0.4, -0.2) is 23.7 Å². The Kier molecular flexibility index (Phi) is 2.83. The highest BCUT2D eigenvalue weighted by Crippen LogP contribution is 2.34. The average Bonchev–Trinajstić information content (AvgIpc) is 2.61. The highest BCUT2D eigenvalue weighted by Gasteiger charge is 2.26. The van der Waals surface area contributed by atoms with Crippen LogP contribution in [-0.2, 0) is 4.79 Å². The molecule has 4 nitrogen and oxygen atoms in total. The SMILES string of the molecule is Cc1ccc2c(c1)C(CC(N)C(=O)O)CN2. The van der Waals surface area contributed by atoms with Crippen LogP contribution in [0.4, 0.5) is 5.69 Å². The van der Waals surface area contributed by atoms with Crippen LogP contribution < -0.4 is 11.1 Å². The Hall–Kier alpha value is -1.55. The molecule has 0 bridgehead atoms. The molecule has 0 amide bonds. The molecule has 2 unspecified atom stereocenters. The Balaban J connectivity index is 2.17. The minimum atomic E-state index is -0.930. The van der Waals surface area contributed by atoms with E-state index in [1.54, 1.807) is 0 Å². The molecule has 86 valence electrons. The molecule has 1 aromatic rings. The maximum absolute atomic E-state index is 10.7. The molecule has 0 aromatic heterocycles. The number of anilines is 1. The third kappa shape index (κ3) is 2.02. The van der Waals surface area contributed by atoms with E-state index in [1.807, 2.05) is 19.1 Å². The van der Waals surface area contributed by atoms with Crippen molar-refractivity contribution in [2.45, 2.75) is 25.3 Å². The summed E-state index contributed by atoms with van der Waals surface area (Å²) < 4.78 is 0. The minimum Gasteiger partial charge on any atom is -0.480 e. The monoisotopic (exact) mass is 220 g/mol. The van der Waals surface area contributed by atoms with Crippen molar-refractivity contribution in [1.82, 2.24) is 0 Å². The minimum absolute atomic E-state index is 0.209. The quantitative estimate of drug-likeness (QED) is 0.717. The van der Waals surface area contributed by atoms with E-state index >= 15 is 0 Å². The van der Waals surface area contributed by atoms with Crippen molar-refractivity contribution >= 4 is 11.7 Å². The van der Waals surface area contributed by atoms with E-state index in [0.29, 0.717) is 6.42 Å². The van der Waals surface area contributed by atoms with Gasteiger partial charge in [0.25, 0.3) is 0 Å². The van der Waals surface area contributed by atoms with Gasteiger partial charge in [0, 0.05) is 18.2 Å². The van der Waals surface area contributed by atoms with E-state index in [0.717, 1.165) is 12.2 Å². The molecule has 0 aliphatic carbocycles. The van der Waals surface area contributed by atoms with Gasteiger partial charge in [-0.15, -0.1) is 0 Å². The zero-order chi connectivity index (χ0) is 11.7. The first-order valence-electron chi connectivity index (χ1n) is 5.40. The molecule has 0 spiro atoms. The first-order valence-corrected chi connectivity index (χ1v) is 5.40. The van der Waals surface area contributed by atoms with Gasteiger partial charge in [0.2, 0.25) is 0 Å². The lowest BCUT2D eigenvalue weighted by atomic mass is 9.93. The van der Waals surface area contributed by atoms with Crippen LogP contribution in [0, 0.1) is 6.92 Å². The summed E-state index contributed by atoms with van der Waals surface area (Å²) in [4.78, 5) is 10.7. The summed E-state index contributed by atoms with van der Waals surface area (Å²) in [5, 5.41) is 12.1. The van der Waals surface area contributed by atoms with E-state index < -0.39 is 12.0 Å². The Morgan fingerprint density at radius 1 is 1.69 bits per heavy atom. The first kappa shape index (κ1) is 11.0. The molecule has 1 aliphatic rings. The van der Waals surface area contributed by atoms with Crippen molar-refractivity contribution in [2.24, 2.45) is 5.73 Å². The fourth-order valence-electron chi connectivity index (χ4n) is 2.14. The smallest absolute Gasteiger partial charge is 0.320 e. The second-order valence-electron chi connectivity index (χ2n) is 4.35. The normalized spacial score (nSPS) is 20.0. The van der Waals surface area contributed by atoms with Crippen molar-refractivity contribution in [3.63, 3.8) is 0 Å². The summed E-state index contributed by atoms with van der Waals surface area (Å²) >= 11 is 0. The van der Waals surface area contributed by atoms with Crippen LogP contribution in [0.2, 0.25) is 0 Å². The van der Waals surface area contributed by atoms with Crippen molar-refractivity contribution < 1.29 is 9.90 Å². The van der Waals surface area contributed by atoms with Gasteiger partial charge in [-0.1, -0.05) is 17.7 Å². The number of fused-ring (bicyclic) bond motifs is 1. The lowest BCUT2D eigenvalue weighted by Crippen LogP contribution is -2.32. The van der Waals surface area contributed by atoms with Gasteiger partial charge in [-0.05, 0) is 25.0 Å². The maximum Gasteiger partial charge on any atom is 0.320 e. The van der Waals surface area contributed by atoms with Gasteiger partial charge in [-0.2, -0.15) is 0 Å². The molecular formula is C12H16N2O2. The summed E-state index contributed by atoms with van der Waals surface area (Å²) in [5.74, 6) is -0.720. The summed E-state index contributed by atoms with van der Waals surface area (Å²) in [6, 6.07) is 5.41. The molecule has 16 heavy (non-hydrogen) atoms. The Bertz CT molecular complexity index is 417. The van der Waals surface area contributed by atoms with Gasteiger partial charge < -0.3 is 16.2 Å². The fraction of sp³-hybridized carbons (Fsp3) is 0.417. The second kappa shape index (κ2) is 4.14. The predicted octanol–water partition coefficient (Wildman–Crippen LogP) is 1.31. The van der Waals surface area contributed by atoms with E-state index in [9.17, 15) is 4.79 Å². The van der Waals surface area contributed by atoms with Crippen molar-refractivity contribution in [3.8, 4) is 0 Å². The zero-order valence-electron chi connectivity index (χ0n) is 9.23. The van der Waals surface area contributed by atoms with E-state index in [2.05, 4.69) is 11.4 Å². The Morgan fingerprint density at radius 3 is 3.12 bits per heavy atom. The fourth-order valence-corrected chi connectivity index (χ4v) is 2.14. The topological polar surface area (TPSA) is 75.4 Å². The van der Waals surface area contributed by atoms with Crippen molar-refractivity contribution in [1.29, 1.82) is 0 Å². The molecule has 4 heteroatoms. The number of rotatable bonds is 3. The average molecular weight is 220 g/mol. The number of hydrogen-bond donors (Lipinski definition) is 3. The number of aliphatic carboxylic acids is 1. The maximum atomic E-state index is 10.7. The molecule has 0 saturated carbocycles. The summed E-state index contributed by atoms with van der Waals surface area (Å²) in [7, 11) is 0. The largest absolute Gasteiger partial charge is 0.480 e. The molecule has 0 saturated heterocycles. The summed E-state index contributed by atoms with van der Waals surface area (Å²) in [6.45, 7) is 2.81. The molecular weight excluding hydrogens is 204 g/mol. The van der Waals surface area contributed by atoms with Crippen LogP contribution >= 0.6 is 0 Å². The predicted molar refractivity (Wildman–Crippen MR) is 62.6 cm³/mol. The van der Waals surface area contributed by atoms with Crippen LogP contribution in [0.3, 0.4) is 0 Å². The number of carbonyl (C=O) groups is 1. The van der Waals surface area contributed by atoms with Crippen LogP contribution in [0.5, 0.6) is 0 Å². The van der Waals surface area contributed by atoms with Crippen molar-refractivity contribution in [3.05, 3.63) is 29.3 Å². The van der Waals surface area contributed by atoms with Gasteiger partial charge in [-0.25, -0.2) is 0 Å². The van der Waals surface area contributed by atoms with Crippen LogP contribution in [0.15, 0.2) is 18.2 Å². The van der Waals surface area contributed by atoms with Gasteiger partial charge in [-0.3, -0.25) is 4.79 Å². The molecule has 2 rings (SSSR count). The van der Waals surface area contributed by atoms with Gasteiger partial charge in [0.1, 0.15) is 6.04 Å². The zero-order valence-corrected chi connectivity index (χ0v) is 9.23. The molecule has 4 N–H and O–H groups in total. The van der Waals surface area contributed by atoms with E-state index in [-0.39, 0.29) is 5.92 Å². The van der Waals surface area contributed by atoms with Gasteiger partial charge in [0.05, 0.1) is 0 Å². The molecule has 1 heterocycles. The molecule has 1 aromatic carbocycles. The van der Waals surface area contributed by atoms with Crippen LogP contribution in [0.1, 0.15) is 23.5 Å². The highest BCUT2D eigenvalue weighted by molar-refractivity contribution is 5.73. The summed E-state index contributed by atoms with van der Waals surface area (Å²) in [6.07, 6.45) is 0.485. The first-order chi connectivity index (χ1) is 7.58. The summed E-state index contributed by atoms with van der Waals surface area (Å²) in [5.41, 5.74) is 9.05. The van der Waals surface area contributed by atoms with Gasteiger partial charge >= 0.3 is 5.97 Å². The standard InChI is InChI=1S/C12H16N2O2/c1-7-2-3-11-9(4-7)8(6-14-11)5-10(13)12(15)16/h2-4,8,10,14H,5-6,13H2,1H3,(H,15,16). The second-order valence-corrected chi connectivity index (χ2v) is 4.35. The molecule has 0 radical (unpaired) electrons. The Labute approximate surface area is 94.5 Å². The number of carboxylic acid groups (broad SMARTS) is 1. The third-order valence-electron chi connectivity index (χ3n) is 3.04. The van der Waals surface area contributed by atoms with E-state index in [1.165, 1.54) is 11.1 Å². The number of nitrogens with two attached hydrogens (primary N) is 1. The van der Waals surface area contributed by atoms with E-state index in [4.69, 9.17) is 10.8 Å². The van der Waals surface area contributed by atoms with Crippen LogP contribution in [0.25, 0.3) is 0 Å². The highest BCUT2D eigenvalue weighted by atomic mass is 16.4. The molecule has 1 aliphatic heterocycles.